The van der Waals surface area contributed by atoms with Gasteiger partial charge in [-0.05, 0) is 24.0 Å². The fourth-order valence-electron chi connectivity index (χ4n) is 2.34. The van der Waals surface area contributed by atoms with Crippen molar-refractivity contribution in [3.63, 3.8) is 0 Å². The maximum atomic E-state index is 6.15. The molecule has 1 aliphatic rings. The third-order valence-corrected chi connectivity index (χ3v) is 3.60. The lowest BCUT2D eigenvalue weighted by atomic mass is 9.92. The second-order valence-electron chi connectivity index (χ2n) is 4.79. The van der Waals surface area contributed by atoms with Crippen LogP contribution in [0.2, 0.25) is 5.02 Å². The highest BCUT2D eigenvalue weighted by atomic mass is 35.5. The summed E-state index contributed by atoms with van der Waals surface area (Å²) in [7, 11) is 0. The van der Waals surface area contributed by atoms with Gasteiger partial charge in [-0.2, -0.15) is 0 Å². The Hall–Kier alpha value is -0.800. The number of nitrogens with zero attached hydrogens (tertiary/aromatic N) is 2. The first-order valence-corrected chi connectivity index (χ1v) is 6.08. The van der Waals surface area contributed by atoms with Crippen molar-refractivity contribution in [3.8, 4) is 0 Å². The smallest absolute Gasteiger partial charge is 0.147 e. The summed E-state index contributed by atoms with van der Waals surface area (Å²) in [6, 6.07) is 3.94. The number of hydrogen-bond acceptors (Lipinski definition) is 3. The monoisotopic (exact) mass is 239 g/mol. The number of aromatic nitrogens is 1. The summed E-state index contributed by atoms with van der Waals surface area (Å²) >= 11 is 6.13. The van der Waals surface area contributed by atoms with Crippen LogP contribution in [0.4, 0.5) is 5.82 Å². The number of halogens is 1. The van der Waals surface area contributed by atoms with Crippen molar-refractivity contribution in [2.75, 3.05) is 18.0 Å². The summed E-state index contributed by atoms with van der Waals surface area (Å²) in [6.45, 7) is 6.23. The molecule has 2 N–H and O–H groups in total. The van der Waals surface area contributed by atoms with Gasteiger partial charge in [-0.15, -0.1) is 0 Å². The Labute approximate surface area is 102 Å². The molecule has 0 spiro atoms. The van der Waals surface area contributed by atoms with Crippen LogP contribution in [-0.2, 0) is 0 Å². The largest absolute Gasteiger partial charge is 0.353 e. The highest BCUT2D eigenvalue weighted by molar-refractivity contribution is 6.32. The Balaban J connectivity index is 2.17. The molecule has 1 aromatic rings. The molecular weight excluding hydrogens is 222 g/mol. The molecular formula is C12H18ClN3. The normalized spacial score (nSPS) is 25.4. The summed E-state index contributed by atoms with van der Waals surface area (Å²) in [5.41, 5.74) is 6.15. The third kappa shape index (κ3) is 2.15. The minimum absolute atomic E-state index is 0.220. The Morgan fingerprint density at radius 3 is 2.81 bits per heavy atom. The van der Waals surface area contributed by atoms with Gasteiger partial charge < -0.3 is 10.6 Å². The van der Waals surface area contributed by atoms with Gasteiger partial charge in [0, 0.05) is 25.3 Å². The quantitative estimate of drug-likeness (QED) is 0.860. The second kappa shape index (κ2) is 4.60. The molecule has 0 saturated carbocycles. The zero-order valence-corrected chi connectivity index (χ0v) is 10.5. The predicted molar refractivity (Wildman–Crippen MR) is 67.8 cm³/mol. The van der Waals surface area contributed by atoms with Crippen LogP contribution in [0.5, 0.6) is 0 Å². The van der Waals surface area contributed by atoms with Gasteiger partial charge in [0.2, 0.25) is 0 Å². The fraction of sp³-hybridized carbons (Fsp3) is 0.583. The first-order valence-electron chi connectivity index (χ1n) is 5.70. The van der Waals surface area contributed by atoms with E-state index in [1.54, 1.807) is 6.20 Å². The molecule has 3 nitrogen and oxygen atoms in total. The highest BCUT2D eigenvalue weighted by Crippen LogP contribution is 2.30. The van der Waals surface area contributed by atoms with Crippen molar-refractivity contribution in [3.05, 3.63) is 23.4 Å². The third-order valence-electron chi connectivity index (χ3n) is 3.31. The van der Waals surface area contributed by atoms with Crippen LogP contribution >= 0.6 is 11.6 Å². The molecule has 0 aliphatic carbocycles. The lowest BCUT2D eigenvalue weighted by molar-refractivity contribution is 0.382. The molecule has 2 heterocycles. The summed E-state index contributed by atoms with van der Waals surface area (Å²) in [5, 5.41) is 0.708. The predicted octanol–water partition coefficient (Wildman–Crippen LogP) is 2.15. The lowest BCUT2D eigenvalue weighted by Crippen LogP contribution is -2.32. The highest BCUT2D eigenvalue weighted by Gasteiger charge is 2.33. The number of pyridine rings is 1. The Kier molecular flexibility index (Phi) is 3.36. The second-order valence-corrected chi connectivity index (χ2v) is 5.19. The van der Waals surface area contributed by atoms with Gasteiger partial charge in [0.25, 0.3) is 0 Å². The topological polar surface area (TPSA) is 42.2 Å². The molecule has 88 valence electrons. The molecule has 1 saturated heterocycles. The van der Waals surface area contributed by atoms with Crippen molar-refractivity contribution < 1.29 is 0 Å². The molecule has 4 heteroatoms. The van der Waals surface area contributed by atoms with E-state index in [2.05, 4.69) is 23.7 Å². The van der Waals surface area contributed by atoms with Gasteiger partial charge in [0.15, 0.2) is 0 Å². The van der Waals surface area contributed by atoms with E-state index in [0.29, 0.717) is 16.9 Å². The first kappa shape index (κ1) is 11.7. The Morgan fingerprint density at radius 1 is 1.50 bits per heavy atom. The van der Waals surface area contributed by atoms with Gasteiger partial charge in [0.05, 0.1) is 5.02 Å². The van der Waals surface area contributed by atoms with E-state index in [4.69, 9.17) is 17.3 Å². The molecule has 0 amide bonds. The maximum Gasteiger partial charge on any atom is 0.147 e. The summed E-state index contributed by atoms with van der Waals surface area (Å²) in [4.78, 5) is 6.52. The minimum atomic E-state index is 0.220. The van der Waals surface area contributed by atoms with Crippen LogP contribution in [0, 0.1) is 11.8 Å². The maximum absolute atomic E-state index is 6.15. The molecule has 1 aromatic heterocycles. The Morgan fingerprint density at radius 2 is 2.25 bits per heavy atom. The molecule has 0 aromatic carbocycles. The summed E-state index contributed by atoms with van der Waals surface area (Å²) in [6.07, 6.45) is 1.77. The van der Waals surface area contributed by atoms with Crippen LogP contribution in [0.25, 0.3) is 0 Å². The van der Waals surface area contributed by atoms with Gasteiger partial charge >= 0.3 is 0 Å². The Bertz CT molecular complexity index is 367. The molecule has 0 unspecified atom stereocenters. The standard InChI is InChI=1S/C12H18ClN3/c1-8(2)9-6-16(7-11(9)14)12-10(13)4-3-5-15-12/h3-5,8-9,11H,6-7,14H2,1-2H3/t9-,11+/m0/s1. The zero-order chi connectivity index (χ0) is 11.7. The molecule has 1 fully saturated rings. The van der Waals surface area contributed by atoms with Crippen molar-refractivity contribution in [2.24, 2.45) is 17.6 Å². The summed E-state index contributed by atoms with van der Waals surface area (Å²) in [5.74, 6) is 1.99. The lowest BCUT2D eigenvalue weighted by Gasteiger charge is -2.19. The molecule has 0 radical (unpaired) electrons. The van der Waals surface area contributed by atoms with E-state index in [9.17, 15) is 0 Å². The average Bonchev–Trinajstić information content (AvgIpc) is 2.61. The van der Waals surface area contributed by atoms with Crippen LogP contribution in [0.15, 0.2) is 18.3 Å². The van der Waals surface area contributed by atoms with Crippen molar-refractivity contribution in [1.82, 2.24) is 4.98 Å². The molecule has 0 bridgehead atoms. The number of hydrogen-bond donors (Lipinski definition) is 1. The van der Waals surface area contributed by atoms with E-state index in [1.165, 1.54) is 0 Å². The van der Waals surface area contributed by atoms with E-state index in [0.717, 1.165) is 18.9 Å². The summed E-state index contributed by atoms with van der Waals surface area (Å²) < 4.78 is 0. The van der Waals surface area contributed by atoms with Crippen molar-refractivity contribution >= 4 is 17.4 Å². The zero-order valence-electron chi connectivity index (χ0n) is 9.73. The van der Waals surface area contributed by atoms with Crippen LogP contribution in [-0.4, -0.2) is 24.1 Å². The first-order chi connectivity index (χ1) is 7.59. The van der Waals surface area contributed by atoms with Gasteiger partial charge in [-0.25, -0.2) is 4.98 Å². The molecule has 1 aliphatic heterocycles. The number of anilines is 1. The number of nitrogens with two attached hydrogens (primary N) is 1. The fourth-order valence-corrected chi connectivity index (χ4v) is 2.58. The van der Waals surface area contributed by atoms with Crippen LogP contribution in [0.1, 0.15) is 13.8 Å². The van der Waals surface area contributed by atoms with Crippen molar-refractivity contribution in [2.45, 2.75) is 19.9 Å². The average molecular weight is 240 g/mol. The van der Waals surface area contributed by atoms with E-state index in [-0.39, 0.29) is 6.04 Å². The van der Waals surface area contributed by atoms with E-state index >= 15 is 0 Å². The van der Waals surface area contributed by atoms with Gasteiger partial charge in [-0.1, -0.05) is 25.4 Å². The molecule has 2 atom stereocenters. The number of rotatable bonds is 2. The molecule has 2 rings (SSSR count). The van der Waals surface area contributed by atoms with Gasteiger partial charge in [0.1, 0.15) is 5.82 Å². The van der Waals surface area contributed by atoms with Crippen LogP contribution < -0.4 is 10.6 Å². The van der Waals surface area contributed by atoms with E-state index in [1.807, 2.05) is 12.1 Å². The minimum Gasteiger partial charge on any atom is -0.353 e. The van der Waals surface area contributed by atoms with E-state index < -0.39 is 0 Å². The van der Waals surface area contributed by atoms with Gasteiger partial charge in [-0.3, -0.25) is 0 Å². The van der Waals surface area contributed by atoms with Crippen molar-refractivity contribution in [1.29, 1.82) is 0 Å². The van der Waals surface area contributed by atoms with Crippen LogP contribution in [0.3, 0.4) is 0 Å². The SMILES string of the molecule is CC(C)[C@@H]1CN(c2ncccc2Cl)C[C@H]1N. The molecule has 16 heavy (non-hydrogen) atoms.